The molecule has 1 aromatic carbocycles. The fraction of sp³-hybridized carbons (Fsp3) is 0.588. The molecule has 1 aromatic rings. The Bertz CT molecular complexity index is 565. The zero-order valence-electron chi connectivity index (χ0n) is 14.0. The van der Waals surface area contributed by atoms with Crippen molar-refractivity contribution in [1.82, 2.24) is 10.2 Å². The molecule has 2 rings (SSSR count). The summed E-state index contributed by atoms with van der Waals surface area (Å²) in [4.78, 5) is 14.2. The molecule has 1 N–H and O–H groups in total. The van der Waals surface area contributed by atoms with Gasteiger partial charge in [-0.15, -0.1) is 0 Å². The van der Waals surface area contributed by atoms with Gasteiger partial charge in [0.05, 0.1) is 0 Å². The maximum Gasteiger partial charge on any atom is 0.317 e. The van der Waals surface area contributed by atoms with Crippen LogP contribution < -0.4 is 5.32 Å². The van der Waals surface area contributed by atoms with E-state index in [1.165, 1.54) is 12.1 Å². The van der Waals surface area contributed by atoms with Gasteiger partial charge < -0.3 is 10.2 Å². The van der Waals surface area contributed by atoms with Crippen LogP contribution in [-0.2, 0) is 17.3 Å². The van der Waals surface area contributed by atoms with Gasteiger partial charge in [0.15, 0.2) is 0 Å². The number of urea groups is 1. The van der Waals surface area contributed by atoms with Crippen LogP contribution >= 0.6 is 0 Å². The number of carbonyl (C=O) groups is 1. The fourth-order valence-electron chi connectivity index (χ4n) is 2.20. The van der Waals surface area contributed by atoms with E-state index in [1.807, 2.05) is 20.8 Å². The van der Waals surface area contributed by atoms with Crippen LogP contribution in [0.2, 0.25) is 0 Å². The third-order valence-electron chi connectivity index (χ3n) is 3.76. The highest BCUT2D eigenvalue weighted by molar-refractivity contribution is 7.86. The van der Waals surface area contributed by atoms with E-state index < -0.39 is 10.8 Å². The Labute approximate surface area is 139 Å². The number of benzene rings is 1. The van der Waals surface area contributed by atoms with Gasteiger partial charge >= 0.3 is 6.03 Å². The second-order valence-corrected chi connectivity index (χ2v) is 9.20. The van der Waals surface area contributed by atoms with Crippen LogP contribution in [0.3, 0.4) is 0 Å². The van der Waals surface area contributed by atoms with E-state index >= 15 is 0 Å². The molecule has 1 atom stereocenters. The van der Waals surface area contributed by atoms with Crippen LogP contribution in [0.15, 0.2) is 24.3 Å². The minimum atomic E-state index is -0.978. The fourth-order valence-corrected chi connectivity index (χ4v) is 3.10. The molecule has 0 radical (unpaired) electrons. The van der Waals surface area contributed by atoms with Crippen LogP contribution in [0, 0.1) is 5.82 Å². The molecular weight excluding hydrogens is 315 g/mol. The summed E-state index contributed by atoms with van der Waals surface area (Å²) < 4.78 is 24.7. The summed E-state index contributed by atoms with van der Waals surface area (Å²) in [5.74, 6) is 0.172. The molecule has 1 aliphatic carbocycles. The van der Waals surface area contributed by atoms with Crippen LogP contribution in [0.1, 0.15) is 39.2 Å². The van der Waals surface area contributed by atoms with E-state index in [0.29, 0.717) is 18.8 Å². The summed E-state index contributed by atoms with van der Waals surface area (Å²) in [5.41, 5.74) is 0.909. The maximum atomic E-state index is 13.0. The van der Waals surface area contributed by atoms with E-state index in [9.17, 15) is 13.4 Å². The van der Waals surface area contributed by atoms with Gasteiger partial charge in [-0.1, -0.05) is 12.1 Å². The summed E-state index contributed by atoms with van der Waals surface area (Å²) in [6, 6.07) is 6.34. The van der Waals surface area contributed by atoms with Gasteiger partial charge in [0.25, 0.3) is 0 Å². The third kappa shape index (κ3) is 5.61. The molecule has 1 aliphatic rings. The van der Waals surface area contributed by atoms with Crippen LogP contribution in [-0.4, -0.2) is 38.2 Å². The molecule has 128 valence electrons. The van der Waals surface area contributed by atoms with Crippen molar-refractivity contribution in [3.05, 3.63) is 35.6 Å². The van der Waals surface area contributed by atoms with Crippen molar-refractivity contribution >= 4 is 16.8 Å². The Morgan fingerprint density at radius 1 is 1.30 bits per heavy atom. The average molecular weight is 340 g/mol. The Hall–Kier alpha value is -1.43. The number of nitrogens with zero attached hydrogens (tertiary/aromatic N) is 1. The quantitative estimate of drug-likeness (QED) is 0.865. The first-order valence-electron chi connectivity index (χ1n) is 7.95. The number of rotatable bonds is 6. The highest BCUT2D eigenvalue weighted by atomic mass is 32.2. The van der Waals surface area contributed by atoms with E-state index in [2.05, 4.69) is 5.32 Å². The van der Waals surface area contributed by atoms with E-state index in [1.54, 1.807) is 17.0 Å². The summed E-state index contributed by atoms with van der Waals surface area (Å²) in [5, 5.41) is 2.86. The van der Waals surface area contributed by atoms with Crippen molar-refractivity contribution < 1.29 is 13.4 Å². The molecule has 1 unspecified atom stereocenters. The molecule has 0 saturated heterocycles. The molecule has 0 aliphatic heterocycles. The summed E-state index contributed by atoms with van der Waals surface area (Å²) >= 11 is 0. The molecule has 0 aromatic heterocycles. The topological polar surface area (TPSA) is 49.4 Å². The summed E-state index contributed by atoms with van der Waals surface area (Å²) in [6.07, 6.45) is 2.01. The highest BCUT2D eigenvalue weighted by Crippen LogP contribution is 2.28. The van der Waals surface area contributed by atoms with Gasteiger partial charge in [-0.25, -0.2) is 9.18 Å². The number of hydrogen-bond donors (Lipinski definition) is 1. The predicted molar refractivity (Wildman–Crippen MR) is 91.1 cm³/mol. The molecular formula is C17H25FN2O2S. The lowest BCUT2D eigenvalue weighted by atomic mass is 10.2. The molecule has 1 fully saturated rings. The minimum absolute atomic E-state index is 0.136. The monoisotopic (exact) mass is 340 g/mol. The van der Waals surface area contributed by atoms with Crippen molar-refractivity contribution in [3.63, 3.8) is 0 Å². The molecule has 23 heavy (non-hydrogen) atoms. The molecule has 0 bridgehead atoms. The van der Waals surface area contributed by atoms with E-state index in [4.69, 9.17) is 0 Å². The second kappa shape index (κ2) is 7.43. The first-order valence-corrected chi connectivity index (χ1v) is 9.26. The van der Waals surface area contributed by atoms with Gasteiger partial charge in [-0.2, -0.15) is 0 Å². The molecule has 0 spiro atoms. The summed E-state index contributed by atoms with van der Waals surface area (Å²) in [6.45, 7) is 6.65. The largest absolute Gasteiger partial charge is 0.337 e. The van der Waals surface area contributed by atoms with Crippen LogP contribution in [0.25, 0.3) is 0 Å². The second-order valence-electron chi connectivity index (χ2n) is 6.88. The van der Waals surface area contributed by atoms with Crippen molar-refractivity contribution in [3.8, 4) is 0 Å². The Balaban J connectivity index is 1.87. The first-order chi connectivity index (χ1) is 10.8. The molecule has 0 heterocycles. The number of carbonyl (C=O) groups excluding carboxylic acids is 1. The van der Waals surface area contributed by atoms with Gasteiger partial charge in [0.2, 0.25) is 0 Å². The SMILES string of the molecule is CC(C)(C)S(=O)CCNC(=O)N(Cc1ccc(F)cc1)C1CC1. The molecule has 6 heteroatoms. The number of hydrogen-bond acceptors (Lipinski definition) is 2. The molecule has 4 nitrogen and oxygen atoms in total. The van der Waals surface area contributed by atoms with Crippen LogP contribution in [0.5, 0.6) is 0 Å². The molecule has 1 saturated carbocycles. The van der Waals surface area contributed by atoms with E-state index in [0.717, 1.165) is 18.4 Å². The Kier molecular flexibility index (Phi) is 5.79. The smallest absolute Gasteiger partial charge is 0.317 e. The maximum absolute atomic E-state index is 13.0. The van der Waals surface area contributed by atoms with Gasteiger partial charge in [-0.3, -0.25) is 4.21 Å². The van der Waals surface area contributed by atoms with Crippen molar-refractivity contribution in [2.75, 3.05) is 12.3 Å². The predicted octanol–water partition coefficient (Wildman–Crippen LogP) is 3.05. The normalized spacial score (nSPS) is 16.0. The zero-order chi connectivity index (χ0) is 17.0. The van der Waals surface area contributed by atoms with Gasteiger partial charge in [-0.05, 0) is 51.3 Å². The lowest BCUT2D eigenvalue weighted by molar-refractivity contribution is 0.192. The van der Waals surface area contributed by atoms with Crippen molar-refractivity contribution in [2.45, 2.75) is 50.9 Å². The number of amides is 2. The van der Waals surface area contributed by atoms with Gasteiger partial charge in [0.1, 0.15) is 5.82 Å². The van der Waals surface area contributed by atoms with Gasteiger partial charge in [0, 0.05) is 40.4 Å². The lowest BCUT2D eigenvalue weighted by Gasteiger charge is -2.24. The average Bonchev–Trinajstić information content (AvgIpc) is 3.30. The molecule has 2 amide bonds. The van der Waals surface area contributed by atoms with Crippen molar-refractivity contribution in [1.29, 1.82) is 0 Å². The standard InChI is InChI=1S/C17H25FN2O2S/c1-17(2,3)23(22)11-10-19-16(21)20(15-8-9-15)12-13-4-6-14(18)7-5-13/h4-7,15H,8-12H2,1-3H3,(H,19,21). The van der Waals surface area contributed by atoms with Crippen LogP contribution in [0.4, 0.5) is 9.18 Å². The van der Waals surface area contributed by atoms with E-state index in [-0.39, 0.29) is 22.6 Å². The van der Waals surface area contributed by atoms with Crippen molar-refractivity contribution in [2.24, 2.45) is 0 Å². The highest BCUT2D eigenvalue weighted by Gasteiger charge is 2.32. The zero-order valence-corrected chi connectivity index (χ0v) is 14.8. The first kappa shape index (κ1) is 17.9. The number of nitrogens with one attached hydrogen (secondary N) is 1. The lowest BCUT2D eigenvalue weighted by Crippen LogP contribution is -2.43. The Morgan fingerprint density at radius 2 is 1.91 bits per heavy atom. The summed E-state index contributed by atoms with van der Waals surface area (Å²) in [7, 11) is -0.978. The minimum Gasteiger partial charge on any atom is -0.337 e. The third-order valence-corrected chi connectivity index (χ3v) is 5.70. The number of halogens is 1. The Morgan fingerprint density at radius 3 is 2.43 bits per heavy atom.